The quantitative estimate of drug-likeness (QED) is 0.538. The minimum Gasteiger partial charge on any atom is -0.367 e. The predicted molar refractivity (Wildman–Crippen MR) is 133 cm³/mol. The third kappa shape index (κ3) is 4.48. The summed E-state index contributed by atoms with van der Waals surface area (Å²) in [5.41, 5.74) is 3.72. The minimum atomic E-state index is -0.707. The van der Waals surface area contributed by atoms with Crippen molar-refractivity contribution in [3.8, 4) is 5.69 Å². The van der Waals surface area contributed by atoms with Gasteiger partial charge in [-0.15, -0.1) is 0 Å². The average molecular weight is 503 g/mol. The number of imide groups is 1. The summed E-state index contributed by atoms with van der Waals surface area (Å²) in [6, 6.07) is 12.6. The fourth-order valence-electron chi connectivity index (χ4n) is 5.40. The number of hydrogen-bond acceptors (Lipinski definition) is 6. The summed E-state index contributed by atoms with van der Waals surface area (Å²) >= 11 is 0. The van der Waals surface area contributed by atoms with Gasteiger partial charge in [-0.2, -0.15) is 5.10 Å². The Hall–Kier alpha value is -4.05. The van der Waals surface area contributed by atoms with Crippen molar-refractivity contribution in [2.24, 2.45) is 0 Å². The Morgan fingerprint density at radius 2 is 1.81 bits per heavy atom. The maximum atomic E-state index is 15.1. The maximum Gasteiger partial charge on any atom is 0.255 e. The molecule has 3 amide bonds. The lowest BCUT2D eigenvalue weighted by Gasteiger charge is -2.36. The monoisotopic (exact) mass is 502 g/mol. The van der Waals surface area contributed by atoms with E-state index in [4.69, 9.17) is 0 Å². The number of fused-ring (bicyclic) bond motifs is 1. The van der Waals surface area contributed by atoms with Gasteiger partial charge in [0.1, 0.15) is 11.9 Å². The number of carbonyl (C=O) groups is 3. The molecule has 1 unspecified atom stereocenters. The number of piperidine rings is 1. The molecular weight excluding hydrogens is 475 g/mol. The van der Waals surface area contributed by atoms with Gasteiger partial charge >= 0.3 is 0 Å². The number of benzene rings is 2. The first-order valence-electron chi connectivity index (χ1n) is 12.5. The molecule has 0 saturated carbocycles. The van der Waals surface area contributed by atoms with Crippen LogP contribution in [0.1, 0.15) is 34.3 Å². The first-order valence-corrected chi connectivity index (χ1v) is 12.5. The van der Waals surface area contributed by atoms with E-state index in [1.54, 1.807) is 12.3 Å². The van der Waals surface area contributed by atoms with Gasteiger partial charge < -0.3 is 9.80 Å². The molecule has 3 aliphatic heterocycles. The lowest BCUT2D eigenvalue weighted by Crippen LogP contribution is -2.52. The highest BCUT2D eigenvalue weighted by molar-refractivity contribution is 6.05. The highest BCUT2D eigenvalue weighted by Gasteiger charge is 2.40. The van der Waals surface area contributed by atoms with E-state index < -0.39 is 17.8 Å². The number of amides is 3. The predicted octanol–water partition coefficient (Wildman–Crippen LogP) is 2.09. The fraction of sp³-hybridized carbons (Fsp3) is 0.333. The zero-order chi connectivity index (χ0) is 25.5. The normalized spacial score (nSPS) is 20.4. The number of nitrogens with one attached hydrogen (secondary N) is 1. The van der Waals surface area contributed by atoms with E-state index in [1.807, 2.05) is 21.8 Å². The fourth-order valence-corrected chi connectivity index (χ4v) is 5.40. The number of aromatic nitrogens is 2. The molecule has 0 spiro atoms. The van der Waals surface area contributed by atoms with Crippen molar-refractivity contribution in [2.75, 3.05) is 31.1 Å². The van der Waals surface area contributed by atoms with Crippen LogP contribution in [0.25, 0.3) is 5.69 Å². The Balaban J connectivity index is 1.09. The number of piperazine rings is 1. The Bertz CT molecular complexity index is 1350. The van der Waals surface area contributed by atoms with E-state index in [0.717, 1.165) is 25.3 Å². The molecule has 9 nitrogen and oxygen atoms in total. The molecule has 0 radical (unpaired) electrons. The van der Waals surface area contributed by atoms with Crippen molar-refractivity contribution in [1.29, 1.82) is 0 Å². The number of anilines is 1. The number of hydrogen-bond donors (Lipinski definition) is 1. The summed E-state index contributed by atoms with van der Waals surface area (Å²) < 4.78 is 17.0. The summed E-state index contributed by atoms with van der Waals surface area (Å²) in [5, 5.41) is 6.55. The third-order valence-electron chi connectivity index (χ3n) is 7.42. The molecule has 3 aliphatic rings. The van der Waals surface area contributed by atoms with Crippen molar-refractivity contribution < 1.29 is 18.8 Å². The largest absolute Gasteiger partial charge is 0.367 e. The minimum absolute atomic E-state index is 0.189. The Labute approximate surface area is 213 Å². The van der Waals surface area contributed by atoms with Gasteiger partial charge in [0.25, 0.3) is 5.91 Å². The van der Waals surface area contributed by atoms with E-state index in [0.29, 0.717) is 29.9 Å². The molecule has 2 fully saturated rings. The van der Waals surface area contributed by atoms with Crippen LogP contribution in [0.15, 0.2) is 54.9 Å². The van der Waals surface area contributed by atoms with E-state index in [1.165, 1.54) is 16.5 Å². The van der Waals surface area contributed by atoms with Gasteiger partial charge in [0.15, 0.2) is 0 Å². The van der Waals surface area contributed by atoms with Gasteiger partial charge in [0, 0.05) is 63.6 Å². The topological polar surface area (TPSA) is 90.8 Å². The van der Waals surface area contributed by atoms with Gasteiger partial charge in [0.05, 0.1) is 11.4 Å². The number of halogens is 1. The molecule has 190 valence electrons. The molecule has 0 bridgehead atoms. The summed E-state index contributed by atoms with van der Waals surface area (Å²) in [6.45, 7) is 3.98. The molecule has 0 aliphatic carbocycles. The molecule has 2 aromatic carbocycles. The zero-order valence-electron chi connectivity index (χ0n) is 20.3. The average Bonchev–Trinajstić information content (AvgIpc) is 3.54. The molecule has 37 heavy (non-hydrogen) atoms. The van der Waals surface area contributed by atoms with Crippen LogP contribution in [0.5, 0.6) is 0 Å². The molecular formula is C27H27FN6O3. The van der Waals surface area contributed by atoms with Crippen LogP contribution < -0.4 is 10.2 Å². The number of rotatable bonds is 5. The second-order valence-electron chi connectivity index (χ2n) is 9.74. The van der Waals surface area contributed by atoms with Crippen molar-refractivity contribution in [3.63, 3.8) is 0 Å². The van der Waals surface area contributed by atoms with Crippen LogP contribution in [0, 0.1) is 5.82 Å². The Morgan fingerprint density at radius 3 is 2.51 bits per heavy atom. The van der Waals surface area contributed by atoms with Gasteiger partial charge in [-0.05, 0) is 47.9 Å². The maximum absolute atomic E-state index is 15.1. The lowest BCUT2D eigenvalue weighted by molar-refractivity contribution is -0.136. The van der Waals surface area contributed by atoms with Crippen LogP contribution in [-0.2, 0) is 22.7 Å². The highest BCUT2D eigenvalue weighted by Crippen LogP contribution is 2.33. The van der Waals surface area contributed by atoms with Crippen molar-refractivity contribution in [1.82, 2.24) is 24.9 Å². The van der Waals surface area contributed by atoms with Gasteiger partial charge in [-0.1, -0.05) is 12.1 Å². The molecule has 4 heterocycles. The standard InChI is InChI=1S/C27H27FN6O3/c28-22-15-21-19(17-33(27(21)37)23-6-7-25(35)30-26(23)36)14-24(22)32-12-10-31(11-13-32)16-18-2-4-20(5-3-18)34-9-1-8-29-34/h1-5,8-9,14-15,23H,6-7,10-13,16-17H2,(H,30,35,36). The zero-order valence-corrected chi connectivity index (χ0v) is 20.3. The van der Waals surface area contributed by atoms with E-state index in [-0.39, 0.29) is 31.2 Å². The van der Waals surface area contributed by atoms with Crippen LogP contribution in [0.3, 0.4) is 0 Å². The molecule has 1 aromatic heterocycles. The first-order chi connectivity index (χ1) is 18.0. The Kier molecular flexibility index (Phi) is 5.96. The van der Waals surface area contributed by atoms with Gasteiger partial charge in [0.2, 0.25) is 11.8 Å². The molecule has 1 N–H and O–H groups in total. The number of nitrogens with zero attached hydrogens (tertiary/aromatic N) is 5. The van der Waals surface area contributed by atoms with Crippen molar-refractivity contribution in [3.05, 3.63) is 77.4 Å². The summed E-state index contributed by atoms with van der Waals surface area (Å²) in [5.74, 6) is -1.59. The van der Waals surface area contributed by atoms with Gasteiger partial charge in [-0.25, -0.2) is 9.07 Å². The summed E-state index contributed by atoms with van der Waals surface area (Å²) in [6.07, 6.45) is 4.14. The Morgan fingerprint density at radius 1 is 1.03 bits per heavy atom. The summed E-state index contributed by atoms with van der Waals surface area (Å²) in [7, 11) is 0. The van der Waals surface area contributed by atoms with Crippen molar-refractivity contribution in [2.45, 2.75) is 32.0 Å². The van der Waals surface area contributed by atoms with Gasteiger partial charge in [-0.3, -0.25) is 24.6 Å². The van der Waals surface area contributed by atoms with E-state index >= 15 is 4.39 Å². The highest BCUT2D eigenvalue weighted by atomic mass is 19.1. The van der Waals surface area contributed by atoms with Crippen molar-refractivity contribution >= 4 is 23.4 Å². The molecule has 10 heteroatoms. The van der Waals surface area contributed by atoms with Crippen LogP contribution >= 0.6 is 0 Å². The smallest absolute Gasteiger partial charge is 0.255 e. The first kappa shape index (κ1) is 23.4. The van der Waals surface area contributed by atoms with Crippen LogP contribution in [0.4, 0.5) is 10.1 Å². The second-order valence-corrected chi connectivity index (χ2v) is 9.74. The SMILES string of the molecule is O=C1CCC(N2Cc3cc(N4CCN(Cc5ccc(-n6cccn6)cc5)CC4)c(F)cc3C2=O)C(=O)N1. The molecule has 3 aromatic rings. The lowest BCUT2D eigenvalue weighted by atomic mass is 10.0. The second kappa shape index (κ2) is 9.44. The third-order valence-corrected chi connectivity index (χ3v) is 7.42. The summed E-state index contributed by atoms with van der Waals surface area (Å²) in [4.78, 5) is 42.5. The van der Waals surface area contributed by atoms with Crippen LogP contribution in [0.2, 0.25) is 0 Å². The van der Waals surface area contributed by atoms with E-state index in [2.05, 4.69) is 39.6 Å². The molecule has 6 rings (SSSR count). The number of carbonyl (C=O) groups excluding carboxylic acids is 3. The molecule has 1 atom stereocenters. The van der Waals surface area contributed by atoms with Crippen LogP contribution in [-0.4, -0.2) is 69.5 Å². The van der Waals surface area contributed by atoms with E-state index in [9.17, 15) is 14.4 Å². The molecule has 2 saturated heterocycles.